The number of hydrogen-bond acceptors (Lipinski definition) is 4. The molecule has 4 heteroatoms. The van der Waals surface area contributed by atoms with E-state index in [4.69, 9.17) is 0 Å². The van der Waals surface area contributed by atoms with Crippen molar-refractivity contribution in [3.63, 3.8) is 0 Å². The van der Waals surface area contributed by atoms with Crippen LogP contribution in [0.3, 0.4) is 0 Å². The molecule has 1 aliphatic heterocycles. The molecule has 0 radical (unpaired) electrons. The van der Waals surface area contributed by atoms with Crippen molar-refractivity contribution in [2.45, 2.75) is 0 Å². The van der Waals surface area contributed by atoms with Crippen molar-refractivity contribution >= 4 is 18.1 Å². The van der Waals surface area contributed by atoms with E-state index in [0.717, 1.165) is 29.2 Å². The Morgan fingerprint density at radius 1 is 1.64 bits per heavy atom. The van der Waals surface area contributed by atoms with Gasteiger partial charge in [-0.25, -0.2) is 0 Å². The summed E-state index contributed by atoms with van der Waals surface area (Å²) in [5.41, 5.74) is 4.02. The molecule has 0 bridgehead atoms. The lowest BCUT2D eigenvalue weighted by Crippen LogP contribution is -2.22. The van der Waals surface area contributed by atoms with Gasteiger partial charge in [0.25, 0.3) is 0 Å². The second-order valence-electron chi connectivity index (χ2n) is 3.01. The third kappa shape index (κ3) is 1.25. The maximum Gasteiger partial charge on any atom is 0.0923 e. The van der Waals surface area contributed by atoms with Gasteiger partial charge in [-0.05, 0) is 12.8 Å². The van der Waals surface area contributed by atoms with Gasteiger partial charge < -0.3 is 10.6 Å². The summed E-state index contributed by atoms with van der Waals surface area (Å²) in [5.74, 6) is 0. The molecule has 0 spiro atoms. The number of fused-ring (bicyclic) bond motifs is 1. The highest BCUT2D eigenvalue weighted by Crippen LogP contribution is 2.29. The molecule has 2 heterocycles. The maximum absolute atomic E-state index is 4.05. The van der Waals surface area contributed by atoms with E-state index in [1.54, 1.807) is 12.4 Å². The Morgan fingerprint density at radius 3 is 3.21 bits per heavy atom. The predicted octanol–water partition coefficient (Wildman–Crippen LogP) is 1.10. The predicted molar refractivity (Wildman–Crippen MR) is 58.3 cm³/mol. The lowest BCUT2D eigenvalue weighted by molar-refractivity contribution is 0.937. The third-order valence-electron chi connectivity index (χ3n) is 2.28. The minimum Gasteiger partial charge on any atom is -0.388 e. The molecule has 2 N–H and O–H groups in total. The topological polar surface area (TPSA) is 49.3 Å². The van der Waals surface area contributed by atoms with E-state index in [0.29, 0.717) is 0 Å². The molecular weight excluding hydrogens is 176 g/mol. The van der Waals surface area contributed by atoms with E-state index < -0.39 is 0 Å². The summed E-state index contributed by atoms with van der Waals surface area (Å²) in [6, 6.07) is 1.93. The zero-order valence-electron chi connectivity index (χ0n) is 8.04. The van der Waals surface area contributed by atoms with Crippen molar-refractivity contribution in [2.75, 3.05) is 18.9 Å². The van der Waals surface area contributed by atoms with Gasteiger partial charge >= 0.3 is 0 Å². The third-order valence-corrected chi connectivity index (χ3v) is 2.28. The summed E-state index contributed by atoms with van der Waals surface area (Å²) >= 11 is 0. The number of anilines is 1. The molecule has 0 amide bonds. The molecule has 0 atom stereocenters. The fourth-order valence-corrected chi connectivity index (χ4v) is 1.56. The van der Waals surface area contributed by atoms with Crippen molar-refractivity contribution in [3.05, 3.63) is 29.7 Å². The first kappa shape index (κ1) is 8.74. The zero-order chi connectivity index (χ0) is 9.97. The van der Waals surface area contributed by atoms with E-state index in [1.807, 2.05) is 13.1 Å². The van der Waals surface area contributed by atoms with Crippen molar-refractivity contribution in [3.8, 4) is 0 Å². The molecule has 0 aromatic carbocycles. The first-order valence-corrected chi connectivity index (χ1v) is 4.42. The lowest BCUT2D eigenvalue weighted by atomic mass is 10.1. The summed E-state index contributed by atoms with van der Waals surface area (Å²) in [4.78, 5) is 8.09. The Balaban J connectivity index is 2.57. The molecule has 0 saturated heterocycles. The van der Waals surface area contributed by atoms with Crippen LogP contribution in [0.25, 0.3) is 5.70 Å². The van der Waals surface area contributed by atoms with Crippen LogP contribution in [0.5, 0.6) is 0 Å². The Bertz CT molecular complexity index is 395. The molecule has 1 aromatic rings. The number of rotatable bonds is 2. The van der Waals surface area contributed by atoms with Crippen LogP contribution in [-0.4, -0.2) is 25.3 Å². The molecule has 0 saturated carbocycles. The zero-order valence-corrected chi connectivity index (χ0v) is 8.04. The normalized spacial score (nSPS) is 14.4. The van der Waals surface area contributed by atoms with Gasteiger partial charge in [-0.1, -0.05) is 0 Å². The molecule has 0 aliphatic carbocycles. The molecule has 1 aliphatic rings. The Labute approximate surface area is 82.8 Å². The van der Waals surface area contributed by atoms with Gasteiger partial charge in [0.2, 0.25) is 0 Å². The molecule has 4 nitrogen and oxygen atoms in total. The Hall–Kier alpha value is -1.84. The van der Waals surface area contributed by atoms with Gasteiger partial charge in [0, 0.05) is 18.8 Å². The van der Waals surface area contributed by atoms with Crippen molar-refractivity contribution in [2.24, 2.45) is 4.99 Å². The number of likely N-dealkylation sites (N-methyl/N-ethyl adjacent to an activating group) is 1. The SMILES string of the molecule is C=NC1=C(NC)CNc2cnccc21. The van der Waals surface area contributed by atoms with Crippen LogP contribution < -0.4 is 10.6 Å². The van der Waals surface area contributed by atoms with Crippen LogP contribution in [0, 0.1) is 0 Å². The minimum absolute atomic E-state index is 0.740. The van der Waals surface area contributed by atoms with Gasteiger partial charge in [-0.3, -0.25) is 9.98 Å². The average Bonchev–Trinajstić information content (AvgIpc) is 2.27. The summed E-state index contributed by atoms with van der Waals surface area (Å²) in [6.45, 7) is 4.32. The van der Waals surface area contributed by atoms with Crippen LogP contribution in [-0.2, 0) is 0 Å². The van der Waals surface area contributed by atoms with E-state index in [9.17, 15) is 0 Å². The van der Waals surface area contributed by atoms with Crippen LogP contribution in [0.2, 0.25) is 0 Å². The van der Waals surface area contributed by atoms with Crippen molar-refractivity contribution in [1.29, 1.82) is 0 Å². The highest BCUT2D eigenvalue weighted by molar-refractivity contribution is 5.81. The number of aliphatic imine (C=N–C) groups is 1. The molecule has 2 rings (SSSR count). The monoisotopic (exact) mass is 188 g/mol. The van der Waals surface area contributed by atoms with E-state index in [1.165, 1.54) is 0 Å². The second-order valence-corrected chi connectivity index (χ2v) is 3.01. The number of nitrogens with zero attached hydrogens (tertiary/aromatic N) is 2. The molecule has 72 valence electrons. The van der Waals surface area contributed by atoms with Crippen LogP contribution >= 0.6 is 0 Å². The van der Waals surface area contributed by atoms with Gasteiger partial charge in [0.05, 0.1) is 29.8 Å². The number of nitrogens with one attached hydrogen (secondary N) is 2. The second kappa shape index (κ2) is 3.49. The van der Waals surface area contributed by atoms with Gasteiger partial charge in [0.1, 0.15) is 0 Å². The number of hydrogen-bond donors (Lipinski definition) is 2. The van der Waals surface area contributed by atoms with Crippen LogP contribution in [0.15, 0.2) is 29.1 Å². The van der Waals surface area contributed by atoms with E-state index >= 15 is 0 Å². The maximum atomic E-state index is 4.05. The van der Waals surface area contributed by atoms with Gasteiger partial charge in [-0.15, -0.1) is 0 Å². The summed E-state index contributed by atoms with van der Waals surface area (Å²) in [6.07, 6.45) is 3.55. The van der Waals surface area contributed by atoms with Gasteiger partial charge in [-0.2, -0.15) is 0 Å². The van der Waals surface area contributed by atoms with Crippen molar-refractivity contribution in [1.82, 2.24) is 10.3 Å². The molecule has 0 unspecified atom stereocenters. The minimum atomic E-state index is 0.740. The molecular formula is C10H12N4. The highest BCUT2D eigenvalue weighted by Gasteiger charge is 2.16. The van der Waals surface area contributed by atoms with Gasteiger partial charge in [0.15, 0.2) is 0 Å². The fourth-order valence-electron chi connectivity index (χ4n) is 1.56. The van der Waals surface area contributed by atoms with Crippen LogP contribution in [0.1, 0.15) is 5.56 Å². The first-order chi connectivity index (χ1) is 6.86. The molecule has 1 aromatic heterocycles. The largest absolute Gasteiger partial charge is 0.388 e. The average molecular weight is 188 g/mol. The highest BCUT2D eigenvalue weighted by atomic mass is 15.0. The standard InChI is InChI=1S/C10H12N4/c1-11-9-6-14-8-5-13-4-3-7(8)10(9)12-2/h3-5,11,14H,2,6H2,1H3. The Kier molecular flexibility index (Phi) is 2.18. The number of pyridine rings is 1. The summed E-state index contributed by atoms with van der Waals surface area (Å²) in [7, 11) is 1.88. The number of aromatic nitrogens is 1. The lowest BCUT2D eigenvalue weighted by Gasteiger charge is -2.21. The van der Waals surface area contributed by atoms with Crippen LogP contribution in [0.4, 0.5) is 5.69 Å². The van der Waals surface area contributed by atoms with E-state index in [2.05, 4.69) is 27.3 Å². The smallest absolute Gasteiger partial charge is 0.0923 e. The first-order valence-electron chi connectivity index (χ1n) is 4.42. The fraction of sp³-hybridized carbons (Fsp3) is 0.200. The summed E-state index contributed by atoms with van der Waals surface area (Å²) < 4.78 is 0. The quantitative estimate of drug-likeness (QED) is 0.683. The van der Waals surface area contributed by atoms with E-state index in [-0.39, 0.29) is 0 Å². The molecule has 14 heavy (non-hydrogen) atoms. The summed E-state index contributed by atoms with van der Waals surface area (Å²) in [5, 5.41) is 6.37. The Morgan fingerprint density at radius 2 is 2.50 bits per heavy atom. The molecule has 0 fully saturated rings. The van der Waals surface area contributed by atoms with Crippen molar-refractivity contribution < 1.29 is 0 Å².